The van der Waals surface area contributed by atoms with E-state index in [1.54, 1.807) is 7.11 Å². The molecule has 1 amide bonds. The Balaban J connectivity index is 1.54. The average molecular weight is 423 g/mol. The van der Waals surface area contributed by atoms with Crippen LogP contribution in [0, 0.1) is 0 Å². The van der Waals surface area contributed by atoms with Crippen LogP contribution in [0.15, 0.2) is 30.3 Å². The molecule has 2 saturated heterocycles. The van der Waals surface area contributed by atoms with E-state index >= 15 is 0 Å². The molecule has 0 saturated carbocycles. The summed E-state index contributed by atoms with van der Waals surface area (Å²) in [4.78, 5) is 24.3. The Morgan fingerprint density at radius 3 is 2.50 bits per heavy atom. The lowest BCUT2D eigenvalue weighted by Gasteiger charge is -2.24. The number of carbonyl (C=O) groups excluding carboxylic acids is 2. The smallest absolute Gasteiger partial charge is 0.408 e. The van der Waals surface area contributed by atoms with Gasteiger partial charge in [-0.2, -0.15) is 0 Å². The first kappa shape index (κ1) is 22.5. The molecule has 9 heteroatoms. The summed E-state index contributed by atoms with van der Waals surface area (Å²) in [6.45, 7) is 3.76. The van der Waals surface area contributed by atoms with Crippen molar-refractivity contribution in [3.63, 3.8) is 0 Å². The number of hydrogen-bond donors (Lipinski definition) is 1. The van der Waals surface area contributed by atoms with Crippen LogP contribution >= 0.6 is 0 Å². The zero-order valence-electron chi connectivity index (χ0n) is 17.7. The van der Waals surface area contributed by atoms with E-state index in [1.807, 2.05) is 44.2 Å². The van der Waals surface area contributed by atoms with E-state index in [4.69, 9.17) is 28.4 Å². The molecule has 2 aliphatic heterocycles. The van der Waals surface area contributed by atoms with Gasteiger partial charge in [0, 0.05) is 7.11 Å². The van der Waals surface area contributed by atoms with Crippen molar-refractivity contribution in [2.45, 2.75) is 69.7 Å². The highest BCUT2D eigenvalue weighted by molar-refractivity contribution is 5.81. The standard InChI is InChI=1S/C21H29NO8/c1-21(2)29-16-15(28-19(26-4)17(16)30-21)11-10-14(18(23)25-3)22-20(24)27-12-13-8-6-5-7-9-13/h5-9,14-17,19H,10-12H2,1-4H3,(H,22,24)/t14-,15-,16-,17-,19-/m1/s1. The lowest BCUT2D eigenvalue weighted by molar-refractivity contribution is -0.227. The molecule has 166 valence electrons. The van der Waals surface area contributed by atoms with Gasteiger partial charge in [-0.15, -0.1) is 0 Å². The van der Waals surface area contributed by atoms with Crippen molar-refractivity contribution >= 4 is 12.1 Å². The summed E-state index contributed by atoms with van der Waals surface area (Å²) < 4.78 is 33.1. The number of hydrogen-bond acceptors (Lipinski definition) is 8. The van der Waals surface area contributed by atoms with Gasteiger partial charge in [-0.25, -0.2) is 9.59 Å². The molecule has 30 heavy (non-hydrogen) atoms. The Labute approximate surface area is 175 Å². The molecular weight excluding hydrogens is 394 g/mol. The number of ether oxygens (including phenoxy) is 6. The summed E-state index contributed by atoms with van der Waals surface area (Å²) >= 11 is 0. The van der Waals surface area contributed by atoms with Crippen LogP contribution in [0.1, 0.15) is 32.3 Å². The maximum Gasteiger partial charge on any atom is 0.408 e. The second-order valence-electron chi connectivity index (χ2n) is 7.70. The van der Waals surface area contributed by atoms with Crippen molar-refractivity contribution in [2.24, 2.45) is 0 Å². The molecule has 0 spiro atoms. The number of amides is 1. The Morgan fingerprint density at radius 1 is 1.13 bits per heavy atom. The normalized spacial score (nSPS) is 27.9. The first-order valence-corrected chi connectivity index (χ1v) is 9.92. The highest BCUT2D eigenvalue weighted by atomic mass is 16.8. The van der Waals surface area contributed by atoms with Gasteiger partial charge in [0.05, 0.1) is 13.2 Å². The molecule has 0 aliphatic carbocycles. The summed E-state index contributed by atoms with van der Waals surface area (Å²) in [6.07, 6.45) is -1.57. The van der Waals surface area contributed by atoms with Crippen LogP contribution in [0.2, 0.25) is 0 Å². The zero-order valence-corrected chi connectivity index (χ0v) is 17.7. The van der Waals surface area contributed by atoms with Crippen molar-refractivity contribution in [1.29, 1.82) is 0 Å². The molecule has 0 radical (unpaired) electrons. The molecule has 0 unspecified atom stereocenters. The van der Waals surface area contributed by atoms with E-state index in [0.29, 0.717) is 6.42 Å². The van der Waals surface area contributed by atoms with E-state index in [1.165, 1.54) is 7.11 Å². The van der Waals surface area contributed by atoms with Crippen LogP contribution in [0.5, 0.6) is 0 Å². The number of fused-ring (bicyclic) bond motifs is 1. The van der Waals surface area contributed by atoms with Gasteiger partial charge in [-0.3, -0.25) is 0 Å². The summed E-state index contributed by atoms with van der Waals surface area (Å²) in [5.41, 5.74) is 0.847. The molecule has 2 fully saturated rings. The fourth-order valence-corrected chi connectivity index (χ4v) is 3.69. The fourth-order valence-electron chi connectivity index (χ4n) is 3.69. The molecule has 1 N–H and O–H groups in total. The van der Waals surface area contributed by atoms with Crippen LogP contribution < -0.4 is 5.32 Å². The number of esters is 1. The average Bonchev–Trinajstić information content (AvgIpc) is 3.22. The number of methoxy groups -OCH3 is 2. The van der Waals surface area contributed by atoms with Crippen LogP contribution in [-0.4, -0.2) is 62.7 Å². The third kappa shape index (κ3) is 5.48. The van der Waals surface area contributed by atoms with Crippen LogP contribution in [0.3, 0.4) is 0 Å². The minimum atomic E-state index is -0.878. The highest BCUT2D eigenvalue weighted by Gasteiger charge is 2.55. The number of rotatable bonds is 8. The Kier molecular flexibility index (Phi) is 7.30. The van der Waals surface area contributed by atoms with Gasteiger partial charge in [-0.05, 0) is 32.3 Å². The van der Waals surface area contributed by atoms with Crippen LogP contribution in [-0.2, 0) is 39.8 Å². The quantitative estimate of drug-likeness (QED) is 0.635. The molecule has 1 aromatic carbocycles. The largest absolute Gasteiger partial charge is 0.467 e. The SMILES string of the molecule is COC(=O)[C@@H](CC[C@H]1O[C@@H](OC)[C@@H]2OC(C)(C)O[C@@H]21)NC(=O)OCc1ccccc1. The Hall–Kier alpha value is -2.20. The van der Waals surface area contributed by atoms with Gasteiger partial charge in [0.2, 0.25) is 0 Å². The molecule has 5 atom stereocenters. The van der Waals surface area contributed by atoms with E-state index < -0.39 is 30.2 Å². The molecule has 0 bridgehead atoms. The minimum Gasteiger partial charge on any atom is -0.467 e. The molecule has 2 aliphatic rings. The van der Waals surface area contributed by atoms with Gasteiger partial charge < -0.3 is 33.7 Å². The van der Waals surface area contributed by atoms with Gasteiger partial charge in [0.1, 0.15) is 24.9 Å². The predicted octanol–water partition coefficient (Wildman–Crippen LogP) is 2.13. The topological polar surface area (TPSA) is 102 Å². The second kappa shape index (κ2) is 9.74. The maximum atomic E-state index is 12.2. The first-order valence-electron chi connectivity index (χ1n) is 9.92. The fraction of sp³-hybridized carbons (Fsp3) is 0.619. The molecule has 2 heterocycles. The van der Waals surface area contributed by atoms with Crippen LogP contribution in [0.4, 0.5) is 4.79 Å². The number of carbonyl (C=O) groups is 2. The maximum absolute atomic E-state index is 12.2. The summed E-state index contributed by atoms with van der Waals surface area (Å²) in [6, 6.07) is 8.39. The van der Waals surface area contributed by atoms with E-state index in [0.717, 1.165) is 5.56 Å². The lowest BCUT2D eigenvalue weighted by Crippen LogP contribution is -2.42. The summed E-state index contributed by atoms with van der Waals surface area (Å²) in [5.74, 6) is -1.30. The highest BCUT2D eigenvalue weighted by Crippen LogP contribution is 2.40. The number of benzene rings is 1. The Morgan fingerprint density at radius 2 is 1.83 bits per heavy atom. The summed E-state index contributed by atoms with van der Waals surface area (Å²) in [7, 11) is 2.81. The predicted molar refractivity (Wildman–Crippen MR) is 104 cm³/mol. The number of alkyl carbamates (subject to hydrolysis) is 1. The minimum absolute atomic E-state index is 0.103. The van der Waals surface area contributed by atoms with Crippen molar-refractivity contribution in [3.8, 4) is 0 Å². The summed E-state index contributed by atoms with van der Waals surface area (Å²) in [5, 5.41) is 2.57. The van der Waals surface area contributed by atoms with Crippen molar-refractivity contribution < 1.29 is 38.0 Å². The molecular formula is C21H29NO8. The van der Waals surface area contributed by atoms with Crippen LogP contribution in [0.25, 0.3) is 0 Å². The van der Waals surface area contributed by atoms with Gasteiger partial charge >= 0.3 is 12.1 Å². The zero-order chi connectivity index (χ0) is 21.7. The monoisotopic (exact) mass is 423 g/mol. The van der Waals surface area contributed by atoms with Gasteiger partial charge in [0.25, 0.3) is 0 Å². The second-order valence-corrected chi connectivity index (χ2v) is 7.70. The Bertz CT molecular complexity index is 725. The van der Waals surface area contributed by atoms with Crippen molar-refractivity contribution in [3.05, 3.63) is 35.9 Å². The first-order chi connectivity index (χ1) is 14.3. The molecule has 0 aromatic heterocycles. The van der Waals surface area contributed by atoms with Crippen molar-refractivity contribution in [2.75, 3.05) is 14.2 Å². The van der Waals surface area contributed by atoms with E-state index in [9.17, 15) is 9.59 Å². The molecule has 3 rings (SSSR count). The van der Waals surface area contributed by atoms with Gasteiger partial charge in [0.15, 0.2) is 12.1 Å². The third-order valence-electron chi connectivity index (χ3n) is 5.07. The van der Waals surface area contributed by atoms with E-state index in [-0.39, 0.29) is 31.3 Å². The molecule has 1 aromatic rings. The van der Waals surface area contributed by atoms with E-state index in [2.05, 4.69) is 5.32 Å². The molecule has 9 nitrogen and oxygen atoms in total. The number of nitrogens with one attached hydrogen (secondary N) is 1. The van der Waals surface area contributed by atoms with Crippen molar-refractivity contribution in [1.82, 2.24) is 5.32 Å². The lowest BCUT2D eigenvalue weighted by atomic mass is 10.0. The van der Waals surface area contributed by atoms with Gasteiger partial charge in [-0.1, -0.05) is 30.3 Å². The third-order valence-corrected chi connectivity index (χ3v) is 5.07.